The number of carbonyl (C=O) groups is 3. The van der Waals surface area contributed by atoms with Crippen LogP contribution < -0.4 is 25.6 Å². The lowest BCUT2D eigenvalue weighted by atomic mass is 10.2. The Morgan fingerprint density at radius 3 is 2.62 bits per heavy atom. The Morgan fingerprint density at radius 2 is 1.97 bits per heavy atom. The zero-order valence-corrected chi connectivity index (χ0v) is 19.3. The first-order valence-electron chi connectivity index (χ1n) is 10.1. The van der Waals surface area contributed by atoms with Crippen molar-refractivity contribution in [3.8, 4) is 11.5 Å². The number of nitrogens with one attached hydrogen (secondary N) is 3. The molecular formula is C21H28N4O6S. The molecule has 0 spiro atoms. The van der Waals surface area contributed by atoms with E-state index >= 15 is 0 Å². The number of hydrogen-bond donors (Lipinski definition) is 3. The highest BCUT2D eigenvalue weighted by Crippen LogP contribution is 2.28. The monoisotopic (exact) mass is 464 g/mol. The van der Waals surface area contributed by atoms with Gasteiger partial charge in [0.2, 0.25) is 11.8 Å². The molecule has 1 heterocycles. The number of methoxy groups -OCH3 is 1. The highest BCUT2D eigenvalue weighted by Gasteiger charge is 2.17. The molecule has 1 atom stereocenters. The molecule has 0 aliphatic carbocycles. The fraction of sp³-hybridized carbons (Fsp3) is 0.429. The third kappa shape index (κ3) is 7.80. The molecule has 1 aromatic heterocycles. The van der Waals surface area contributed by atoms with E-state index in [0.717, 1.165) is 24.6 Å². The second-order valence-corrected chi connectivity index (χ2v) is 8.16. The summed E-state index contributed by atoms with van der Waals surface area (Å²) in [5.41, 5.74) is 4.98. The first-order valence-corrected chi connectivity index (χ1v) is 11.1. The van der Waals surface area contributed by atoms with Crippen molar-refractivity contribution in [2.75, 3.05) is 24.8 Å². The van der Waals surface area contributed by atoms with E-state index in [1.807, 2.05) is 0 Å². The van der Waals surface area contributed by atoms with E-state index in [4.69, 9.17) is 14.0 Å². The van der Waals surface area contributed by atoms with Gasteiger partial charge in [-0.25, -0.2) is 0 Å². The molecule has 2 rings (SSSR count). The molecule has 32 heavy (non-hydrogen) atoms. The summed E-state index contributed by atoms with van der Waals surface area (Å²) in [5, 5.41) is 5.77. The Balaban J connectivity index is 1.78. The number of benzene rings is 1. The maximum absolute atomic E-state index is 12.3. The molecule has 0 aliphatic heterocycles. The minimum Gasteiger partial charge on any atom is -0.493 e. The van der Waals surface area contributed by atoms with Crippen molar-refractivity contribution in [2.24, 2.45) is 0 Å². The van der Waals surface area contributed by atoms with Gasteiger partial charge in [-0.3, -0.25) is 25.2 Å². The normalized spacial score (nSPS) is 11.4. The molecule has 0 saturated carbocycles. The van der Waals surface area contributed by atoms with Gasteiger partial charge in [0.1, 0.15) is 5.76 Å². The fourth-order valence-electron chi connectivity index (χ4n) is 2.42. The Bertz CT molecular complexity index is 933. The quantitative estimate of drug-likeness (QED) is 0.342. The highest BCUT2D eigenvalue weighted by atomic mass is 32.2. The summed E-state index contributed by atoms with van der Waals surface area (Å²) in [4.78, 5) is 36.5. The van der Waals surface area contributed by atoms with Crippen LogP contribution in [-0.4, -0.2) is 47.6 Å². The Hall–Kier alpha value is -3.21. The number of carbonyl (C=O) groups excluding carboxylic acids is 3. The van der Waals surface area contributed by atoms with E-state index in [1.54, 1.807) is 32.0 Å². The Morgan fingerprint density at radius 1 is 1.19 bits per heavy atom. The summed E-state index contributed by atoms with van der Waals surface area (Å²) in [6.07, 6.45) is 1.92. The highest BCUT2D eigenvalue weighted by molar-refractivity contribution is 8.01. The van der Waals surface area contributed by atoms with Gasteiger partial charge in [0.25, 0.3) is 5.91 Å². The number of thioether (sulfide) groups is 1. The van der Waals surface area contributed by atoms with Gasteiger partial charge in [-0.2, -0.15) is 0 Å². The largest absolute Gasteiger partial charge is 0.493 e. The molecule has 11 heteroatoms. The molecule has 0 aliphatic rings. The van der Waals surface area contributed by atoms with E-state index < -0.39 is 17.1 Å². The molecule has 10 nitrogen and oxygen atoms in total. The minimum atomic E-state index is -0.516. The van der Waals surface area contributed by atoms with Crippen LogP contribution in [0.5, 0.6) is 11.5 Å². The van der Waals surface area contributed by atoms with Crippen LogP contribution in [0.4, 0.5) is 5.82 Å². The number of nitrogens with zero attached hydrogens (tertiary/aromatic N) is 1. The van der Waals surface area contributed by atoms with E-state index in [0.29, 0.717) is 35.2 Å². The first kappa shape index (κ1) is 25.1. The summed E-state index contributed by atoms with van der Waals surface area (Å²) in [5.74, 6) is 0.569. The second-order valence-electron chi connectivity index (χ2n) is 6.84. The van der Waals surface area contributed by atoms with E-state index in [2.05, 4.69) is 28.2 Å². The van der Waals surface area contributed by atoms with Gasteiger partial charge in [0.05, 0.1) is 24.7 Å². The van der Waals surface area contributed by atoms with Gasteiger partial charge in [0.15, 0.2) is 17.3 Å². The lowest BCUT2D eigenvalue weighted by Crippen LogP contribution is -2.42. The van der Waals surface area contributed by atoms with E-state index in [1.165, 1.54) is 13.2 Å². The molecule has 1 unspecified atom stereocenters. The summed E-state index contributed by atoms with van der Waals surface area (Å²) >= 11 is 1.11. The van der Waals surface area contributed by atoms with Crippen molar-refractivity contribution in [3.63, 3.8) is 0 Å². The number of hydrogen-bond acceptors (Lipinski definition) is 8. The third-order valence-electron chi connectivity index (χ3n) is 4.21. The van der Waals surface area contributed by atoms with Crippen LogP contribution in [0.1, 0.15) is 42.8 Å². The molecule has 1 aromatic carbocycles. The fourth-order valence-corrected chi connectivity index (χ4v) is 3.10. The van der Waals surface area contributed by atoms with E-state index in [-0.39, 0.29) is 11.7 Å². The van der Waals surface area contributed by atoms with Crippen LogP contribution in [0.15, 0.2) is 28.8 Å². The van der Waals surface area contributed by atoms with Crippen LogP contribution in [0, 0.1) is 6.92 Å². The summed E-state index contributed by atoms with van der Waals surface area (Å²) in [6, 6.07) is 6.36. The van der Waals surface area contributed by atoms with Crippen molar-refractivity contribution in [3.05, 3.63) is 35.6 Å². The van der Waals surface area contributed by atoms with Crippen LogP contribution in [-0.2, 0) is 9.59 Å². The predicted octanol–water partition coefficient (Wildman–Crippen LogP) is 2.69. The molecule has 3 N–H and O–H groups in total. The van der Waals surface area contributed by atoms with Gasteiger partial charge < -0.3 is 19.3 Å². The molecule has 0 saturated heterocycles. The first-order chi connectivity index (χ1) is 15.3. The second kappa shape index (κ2) is 12.6. The SMILES string of the molecule is CCCCOc1ccc(C(=O)NNC(=O)CSC(C)C(=O)Nc2cc(C)on2)cc1OC. The smallest absolute Gasteiger partial charge is 0.269 e. The van der Waals surface area contributed by atoms with Crippen LogP contribution in [0.2, 0.25) is 0 Å². The number of anilines is 1. The van der Waals surface area contributed by atoms with Crippen molar-refractivity contribution < 1.29 is 28.4 Å². The summed E-state index contributed by atoms with van der Waals surface area (Å²) < 4.78 is 15.8. The van der Waals surface area contributed by atoms with Crippen LogP contribution in [0.3, 0.4) is 0 Å². The maximum Gasteiger partial charge on any atom is 0.269 e. The van der Waals surface area contributed by atoms with Crippen molar-refractivity contribution in [1.29, 1.82) is 0 Å². The van der Waals surface area contributed by atoms with E-state index in [9.17, 15) is 14.4 Å². The number of aromatic nitrogens is 1. The molecule has 0 bridgehead atoms. The number of aryl methyl sites for hydroxylation is 1. The Labute approximate surface area is 190 Å². The van der Waals surface area contributed by atoms with Crippen molar-refractivity contribution >= 4 is 35.3 Å². The van der Waals surface area contributed by atoms with Crippen molar-refractivity contribution in [2.45, 2.75) is 38.9 Å². The van der Waals surface area contributed by atoms with Crippen LogP contribution >= 0.6 is 11.8 Å². The number of amides is 3. The number of ether oxygens (including phenoxy) is 2. The molecule has 3 amide bonds. The topological polar surface area (TPSA) is 132 Å². The van der Waals surface area contributed by atoms with Crippen molar-refractivity contribution in [1.82, 2.24) is 16.0 Å². The minimum absolute atomic E-state index is 0.0275. The number of unbranched alkanes of at least 4 members (excludes halogenated alkanes) is 1. The van der Waals surface area contributed by atoms with Gasteiger partial charge in [0, 0.05) is 11.6 Å². The number of rotatable bonds is 11. The molecule has 2 aromatic rings. The van der Waals surface area contributed by atoms with Gasteiger partial charge in [-0.15, -0.1) is 11.8 Å². The summed E-state index contributed by atoms with van der Waals surface area (Å²) in [7, 11) is 1.49. The third-order valence-corrected chi connectivity index (χ3v) is 5.35. The average Bonchev–Trinajstić information content (AvgIpc) is 3.20. The van der Waals surface area contributed by atoms with Gasteiger partial charge in [-0.05, 0) is 38.5 Å². The molecule has 0 fully saturated rings. The molecule has 174 valence electrons. The lowest BCUT2D eigenvalue weighted by Gasteiger charge is -2.13. The average molecular weight is 465 g/mol. The molecule has 0 radical (unpaired) electrons. The summed E-state index contributed by atoms with van der Waals surface area (Å²) in [6.45, 7) is 6.00. The van der Waals surface area contributed by atoms with Gasteiger partial charge >= 0.3 is 0 Å². The molecular weight excluding hydrogens is 436 g/mol. The maximum atomic E-state index is 12.3. The number of hydrazine groups is 1. The zero-order chi connectivity index (χ0) is 23.5. The predicted molar refractivity (Wildman–Crippen MR) is 121 cm³/mol. The van der Waals surface area contributed by atoms with Crippen LogP contribution in [0.25, 0.3) is 0 Å². The lowest BCUT2D eigenvalue weighted by molar-refractivity contribution is -0.119. The van der Waals surface area contributed by atoms with Gasteiger partial charge in [-0.1, -0.05) is 18.5 Å². The zero-order valence-electron chi connectivity index (χ0n) is 18.5. The standard InChI is InChI=1S/C21H28N4O6S/c1-5-6-9-30-16-8-7-15(11-17(16)29-4)21(28)24-23-19(26)12-32-14(3)20(27)22-18-10-13(2)31-25-18/h7-8,10-11,14H,5-6,9,12H2,1-4H3,(H,23,26)(H,24,28)(H,22,25,27). The Kier molecular flexibility index (Phi) is 9.86.